The molecule has 4 heterocycles. The lowest BCUT2D eigenvalue weighted by atomic mass is 10.1. The number of hydrogen-bond acceptors (Lipinski definition) is 5. The van der Waals surface area contributed by atoms with Gasteiger partial charge < -0.3 is 9.64 Å². The second-order valence-electron chi connectivity index (χ2n) is 5.57. The molecule has 0 aliphatic carbocycles. The van der Waals surface area contributed by atoms with Crippen LogP contribution >= 0.6 is 23.2 Å². The van der Waals surface area contributed by atoms with Gasteiger partial charge in [0.25, 0.3) is 0 Å². The topological polar surface area (TPSA) is 51.1 Å². The molecular formula is C14H13Cl2FN4O. The van der Waals surface area contributed by atoms with Crippen LogP contribution in [0.15, 0.2) is 0 Å². The molecule has 0 radical (unpaired) electrons. The smallest absolute Gasteiger partial charge is 0.228 e. The van der Waals surface area contributed by atoms with Gasteiger partial charge in [-0.1, -0.05) is 24.4 Å². The largest absolute Gasteiger partial charge is 0.475 e. The number of ether oxygens (including phenoxy) is 1. The number of nitrogens with zero attached hydrogens (tertiary/aromatic N) is 4. The highest BCUT2D eigenvalue weighted by Crippen LogP contribution is 2.39. The van der Waals surface area contributed by atoms with Gasteiger partial charge in [-0.3, -0.25) is 0 Å². The lowest BCUT2D eigenvalue weighted by Gasteiger charge is -2.28. The minimum atomic E-state index is -0.692. The highest BCUT2D eigenvalue weighted by Gasteiger charge is 2.32. The molecule has 2 aromatic rings. The maximum atomic E-state index is 14.3. The Hall–Kier alpha value is -1.40. The van der Waals surface area contributed by atoms with E-state index in [1.54, 1.807) is 0 Å². The summed E-state index contributed by atoms with van der Waals surface area (Å²) in [6.07, 6.45) is 4.34. The van der Waals surface area contributed by atoms with E-state index in [-0.39, 0.29) is 27.9 Å². The van der Waals surface area contributed by atoms with Crippen LogP contribution in [0.2, 0.25) is 10.4 Å². The van der Waals surface area contributed by atoms with Gasteiger partial charge in [0.15, 0.2) is 11.0 Å². The van der Waals surface area contributed by atoms with Crippen LogP contribution in [0.1, 0.15) is 25.7 Å². The molecule has 1 fully saturated rings. The Balaban J connectivity index is 2.02. The molecule has 5 nitrogen and oxygen atoms in total. The van der Waals surface area contributed by atoms with Crippen molar-refractivity contribution in [3.05, 3.63) is 16.3 Å². The first kappa shape index (κ1) is 14.2. The molecule has 0 N–H and O–H groups in total. The Kier molecular flexibility index (Phi) is 3.46. The van der Waals surface area contributed by atoms with Crippen molar-refractivity contribution in [1.29, 1.82) is 0 Å². The number of fused-ring (bicyclic) bond motifs is 2. The van der Waals surface area contributed by atoms with Gasteiger partial charge >= 0.3 is 0 Å². The molecular weight excluding hydrogens is 330 g/mol. The summed E-state index contributed by atoms with van der Waals surface area (Å²) in [4.78, 5) is 14.5. The van der Waals surface area contributed by atoms with Crippen molar-refractivity contribution in [1.82, 2.24) is 15.0 Å². The SMILES string of the molecule is Fc1c(Cl)nc2c3c(nc(Cl)nc13)N1CCCCC[C@H]1CO2. The number of anilines is 1. The summed E-state index contributed by atoms with van der Waals surface area (Å²) >= 11 is 11.9. The van der Waals surface area contributed by atoms with E-state index in [4.69, 9.17) is 27.9 Å². The number of pyridine rings is 1. The first-order valence-corrected chi connectivity index (χ1v) is 8.02. The Bertz CT molecular complexity index is 757. The molecule has 1 saturated heterocycles. The fraction of sp³-hybridized carbons (Fsp3) is 0.500. The van der Waals surface area contributed by atoms with Crippen LogP contribution in [0.5, 0.6) is 5.88 Å². The van der Waals surface area contributed by atoms with Gasteiger partial charge in [0.05, 0.1) is 6.04 Å². The van der Waals surface area contributed by atoms with Crippen LogP contribution in [0.4, 0.5) is 10.2 Å². The average molecular weight is 343 g/mol. The lowest BCUT2D eigenvalue weighted by Crippen LogP contribution is -2.38. The van der Waals surface area contributed by atoms with E-state index < -0.39 is 5.82 Å². The average Bonchev–Trinajstić information content (AvgIpc) is 2.80. The second-order valence-corrected chi connectivity index (χ2v) is 6.27. The minimum Gasteiger partial charge on any atom is -0.475 e. The van der Waals surface area contributed by atoms with E-state index in [1.807, 2.05) is 0 Å². The zero-order chi connectivity index (χ0) is 15.3. The van der Waals surface area contributed by atoms with Crippen molar-refractivity contribution in [2.75, 3.05) is 18.1 Å². The Labute approximate surface area is 136 Å². The molecule has 2 aromatic heterocycles. The molecule has 0 amide bonds. The molecule has 2 aliphatic rings. The van der Waals surface area contributed by atoms with Crippen molar-refractivity contribution < 1.29 is 9.13 Å². The molecule has 4 rings (SSSR count). The maximum absolute atomic E-state index is 14.3. The highest BCUT2D eigenvalue weighted by atomic mass is 35.5. The van der Waals surface area contributed by atoms with Gasteiger partial charge in [-0.05, 0) is 24.4 Å². The Morgan fingerprint density at radius 1 is 1.14 bits per heavy atom. The van der Waals surface area contributed by atoms with Crippen molar-refractivity contribution in [3.63, 3.8) is 0 Å². The molecule has 0 saturated carbocycles. The number of aromatic nitrogens is 3. The maximum Gasteiger partial charge on any atom is 0.228 e. The zero-order valence-electron chi connectivity index (χ0n) is 11.7. The van der Waals surface area contributed by atoms with E-state index in [2.05, 4.69) is 19.9 Å². The monoisotopic (exact) mass is 342 g/mol. The summed E-state index contributed by atoms with van der Waals surface area (Å²) in [6, 6.07) is 0.174. The van der Waals surface area contributed by atoms with E-state index in [0.29, 0.717) is 17.8 Å². The van der Waals surface area contributed by atoms with Crippen LogP contribution in [0.3, 0.4) is 0 Å². The Morgan fingerprint density at radius 3 is 2.86 bits per heavy atom. The minimum absolute atomic E-state index is 0.000450. The van der Waals surface area contributed by atoms with Crippen molar-refractivity contribution in [2.45, 2.75) is 31.7 Å². The normalized spacial score (nSPS) is 21.0. The van der Waals surface area contributed by atoms with Gasteiger partial charge in [-0.2, -0.15) is 9.97 Å². The molecule has 8 heteroatoms. The molecule has 1 atom stereocenters. The van der Waals surface area contributed by atoms with Gasteiger partial charge in [0.1, 0.15) is 23.3 Å². The van der Waals surface area contributed by atoms with Crippen molar-refractivity contribution >= 4 is 39.9 Å². The molecule has 22 heavy (non-hydrogen) atoms. The van der Waals surface area contributed by atoms with Gasteiger partial charge in [-0.25, -0.2) is 9.37 Å². The summed E-state index contributed by atoms with van der Waals surface area (Å²) < 4.78 is 20.1. The van der Waals surface area contributed by atoms with Gasteiger partial charge in [-0.15, -0.1) is 0 Å². The fourth-order valence-electron chi connectivity index (χ4n) is 3.19. The van der Waals surface area contributed by atoms with Crippen LogP contribution < -0.4 is 9.64 Å². The number of rotatable bonds is 0. The van der Waals surface area contributed by atoms with Crippen LogP contribution in [0, 0.1) is 5.82 Å². The second kappa shape index (κ2) is 5.35. The quantitative estimate of drug-likeness (QED) is 0.540. The first-order valence-electron chi connectivity index (χ1n) is 7.27. The van der Waals surface area contributed by atoms with Crippen molar-refractivity contribution in [2.24, 2.45) is 0 Å². The molecule has 2 aliphatic heterocycles. The predicted molar refractivity (Wildman–Crippen MR) is 82.4 cm³/mol. The summed E-state index contributed by atoms with van der Waals surface area (Å²) in [5.41, 5.74) is 0.0647. The molecule has 0 aromatic carbocycles. The third-order valence-corrected chi connectivity index (χ3v) is 4.65. The van der Waals surface area contributed by atoms with E-state index in [1.165, 1.54) is 0 Å². The number of hydrogen-bond donors (Lipinski definition) is 0. The van der Waals surface area contributed by atoms with Crippen molar-refractivity contribution in [3.8, 4) is 5.88 Å². The first-order chi connectivity index (χ1) is 10.6. The summed E-state index contributed by atoms with van der Waals surface area (Å²) in [5.74, 6) is 0.182. The van der Waals surface area contributed by atoms with E-state index in [9.17, 15) is 4.39 Å². The lowest BCUT2D eigenvalue weighted by molar-refractivity contribution is 0.274. The molecule has 0 spiro atoms. The summed E-state index contributed by atoms with van der Waals surface area (Å²) in [5, 5.41) is 0.190. The Morgan fingerprint density at radius 2 is 2.00 bits per heavy atom. The third kappa shape index (κ3) is 2.16. The fourth-order valence-corrected chi connectivity index (χ4v) is 3.52. The zero-order valence-corrected chi connectivity index (χ0v) is 13.2. The third-order valence-electron chi connectivity index (χ3n) is 4.23. The van der Waals surface area contributed by atoms with E-state index in [0.717, 1.165) is 32.2 Å². The summed E-state index contributed by atoms with van der Waals surface area (Å²) in [7, 11) is 0. The molecule has 116 valence electrons. The predicted octanol–water partition coefficient (Wildman–Crippen LogP) is 3.61. The van der Waals surface area contributed by atoms with Gasteiger partial charge in [0.2, 0.25) is 11.2 Å². The van der Waals surface area contributed by atoms with Gasteiger partial charge in [0, 0.05) is 6.54 Å². The standard InChI is InChI=1S/C14H13Cl2FN4O/c15-11-9(17)10-8-12(20-14(16)18-10)21-5-3-1-2-4-7(21)6-22-13(8)19-11/h7H,1-6H2/t7-/m0/s1. The summed E-state index contributed by atoms with van der Waals surface area (Å²) in [6.45, 7) is 1.30. The highest BCUT2D eigenvalue weighted by molar-refractivity contribution is 6.31. The van der Waals surface area contributed by atoms with E-state index >= 15 is 0 Å². The molecule has 0 bridgehead atoms. The van der Waals surface area contributed by atoms with Crippen LogP contribution in [0.25, 0.3) is 10.9 Å². The van der Waals surface area contributed by atoms with Crippen LogP contribution in [-0.2, 0) is 0 Å². The van der Waals surface area contributed by atoms with Crippen LogP contribution in [-0.4, -0.2) is 34.1 Å². The number of halogens is 3. The molecule has 0 unspecified atom stereocenters.